The van der Waals surface area contributed by atoms with Crippen molar-refractivity contribution in [2.45, 2.75) is 13.0 Å². The van der Waals surface area contributed by atoms with Gasteiger partial charge < -0.3 is 15.6 Å². The molecule has 0 fully saturated rings. The number of hydrogen-bond acceptors (Lipinski definition) is 4. The van der Waals surface area contributed by atoms with Crippen molar-refractivity contribution in [2.75, 3.05) is 12.4 Å². The van der Waals surface area contributed by atoms with Gasteiger partial charge >= 0.3 is 0 Å². The molecule has 3 aromatic heterocycles. The van der Waals surface area contributed by atoms with Crippen LogP contribution in [0.5, 0.6) is 0 Å². The molecule has 0 spiro atoms. The summed E-state index contributed by atoms with van der Waals surface area (Å²) in [6.07, 6.45) is 3.45. The minimum absolute atomic E-state index is 0.168. The van der Waals surface area contributed by atoms with Gasteiger partial charge in [-0.05, 0) is 73.6 Å². The summed E-state index contributed by atoms with van der Waals surface area (Å²) in [7, 11) is 1.72. The molecule has 0 radical (unpaired) electrons. The molecule has 7 heteroatoms. The van der Waals surface area contributed by atoms with E-state index >= 15 is 0 Å². The van der Waals surface area contributed by atoms with Gasteiger partial charge in [0.2, 0.25) is 5.91 Å². The molecule has 0 aliphatic rings. The Bertz CT molecular complexity index is 1160. The molecule has 0 aliphatic heterocycles. The van der Waals surface area contributed by atoms with Crippen LogP contribution in [0.3, 0.4) is 0 Å². The number of carbonyl (C=O) groups excluding carboxylic acids is 1. The minimum atomic E-state index is -0.335. The Morgan fingerprint density at radius 2 is 1.76 bits per heavy atom. The number of anilines is 1. The van der Waals surface area contributed by atoms with Gasteiger partial charge in [0.05, 0.1) is 11.7 Å². The third-order valence-corrected chi connectivity index (χ3v) is 4.84. The molecule has 0 unspecified atom stereocenters. The number of aromatic amines is 1. The number of fused-ring (bicyclic) bond motifs is 1. The van der Waals surface area contributed by atoms with Crippen LogP contribution in [0.4, 0.5) is 10.2 Å². The molecule has 3 N–H and O–H groups in total. The van der Waals surface area contributed by atoms with Crippen molar-refractivity contribution in [3.05, 3.63) is 66.7 Å². The molecule has 1 aromatic carbocycles. The van der Waals surface area contributed by atoms with E-state index in [1.165, 1.54) is 12.1 Å². The fourth-order valence-electron chi connectivity index (χ4n) is 3.16. The molecule has 0 aliphatic carbocycles. The second-order valence-electron chi connectivity index (χ2n) is 6.71. The van der Waals surface area contributed by atoms with Crippen LogP contribution in [0.1, 0.15) is 6.92 Å². The van der Waals surface area contributed by atoms with Crippen molar-refractivity contribution < 1.29 is 9.18 Å². The highest BCUT2D eigenvalue weighted by Gasteiger charge is 2.17. The molecule has 0 saturated carbocycles. The van der Waals surface area contributed by atoms with E-state index in [9.17, 15) is 9.18 Å². The Labute approximate surface area is 167 Å². The van der Waals surface area contributed by atoms with E-state index in [4.69, 9.17) is 0 Å². The predicted molar refractivity (Wildman–Crippen MR) is 112 cm³/mol. The first-order valence-electron chi connectivity index (χ1n) is 9.24. The van der Waals surface area contributed by atoms with Gasteiger partial charge in [0.15, 0.2) is 0 Å². The lowest BCUT2D eigenvalue weighted by molar-refractivity contribution is -0.117. The van der Waals surface area contributed by atoms with Crippen molar-refractivity contribution in [3.63, 3.8) is 0 Å². The Kier molecular flexibility index (Phi) is 5.05. The van der Waals surface area contributed by atoms with Crippen LogP contribution in [0, 0.1) is 5.82 Å². The van der Waals surface area contributed by atoms with Gasteiger partial charge in [-0.3, -0.25) is 9.78 Å². The number of nitrogens with zero attached hydrogens (tertiary/aromatic N) is 2. The third-order valence-electron chi connectivity index (χ3n) is 4.84. The molecule has 4 rings (SSSR count). The van der Waals surface area contributed by atoms with Gasteiger partial charge in [0.25, 0.3) is 0 Å². The summed E-state index contributed by atoms with van der Waals surface area (Å²) in [6.45, 7) is 1.77. The molecule has 29 heavy (non-hydrogen) atoms. The molecule has 3 heterocycles. The van der Waals surface area contributed by atoms with Crippen LogP contribution < -0.4 is 10.6 Å². The van der Waals surface area contributed by atoms with Gasteiger partial charge in [-0.15, -0.1) is 0 Å². The predicted octanol–water partition coefficient (Wildman–Crippen LogP) is 3.98. The summed E-state index contributed by atoms with van der Waals surface area (Å²) in [5, 5.41) is 6.61. The number of pyridine rings is 2. The molecule has 146 valence electrons. The molecule has 4 aromatic rings. The Morgan fingerprint density at radius 3 is 2.45 bits per heavy atom. The van der Waals surface area contributed by atoms with Gasteiger partial charge in [0.1, 0.15) is 17.3 Å². The van der Waals surface area contributed by atoms with Gasteiger partial charge in [-0.1, -0.05) is 0 Å². The fourth-order valence-corrected chi connectivity index (χ4v) is 3.16. The normalized spacial score (nSPS) is 12.1. The number of carbonyl (C=O) groups is 1. The van der Waals surface area contributed by atoms with Crippen molar-refractivity contribution in [2.24, 2.45) is 0 Å². The van der Waals surface area contributed by atoms with E-state index in [2.05, 4.69) is 25.6 Å². The van der Waals surface area contributed by atoms with E-state index in [-0.39, 0.29) is 17.8 Å². The van der Waals surface area contributed by atoms with E-state index in [0.29, 0.717) is 11.5 Å². The Balaban J connectivity index is 1.85. The molecular weight excluding hydrogens is 369 g/mol. The largest absolute Gasteiger partial charge is 0.339 e. The third kappa shape index (κ3) is 3.72. The summed E-state index contributed by atoms with van der Waals surface area (Å²) in [6, 6.07) is 13.5. The number of halogens is 1. The summed E-state index contributed by atoms with van der Waals surface area (Å²) >= 11 is 0. The second-order valence-corrected chi connectivity index (χ2v) is 6.71. The first-order chi connectivity index (χ1) is 14.1. The van der Waals surface area contributed by atoms with Crippen molar-refractivity contribution in [1.29, 1.82) is 0 Å². The lowest BCUT2D eigenvalue weighted by atomic mass is 10.00. The Morgan fingerprint density at radius 1 is 1.03 bits per heavy atom. The average Bonchev–Trinajstić information content (AvgIpc) is 3.13. The molecule has 6 nitrogen and oxygen atoms in total. The summed E-state index contributed by atoms with van der Waals surface area (Å²) in [5.41, 5.74) is 4.21. The summed E-state index contributed by atoms with van der Waals surface area (Å²) in [4.78, 5) is 24.2. The quantitative estimate of drug-likeness (QED) is 0.482. The lowest BCUT2D eigenvalue weighted by Crippen LogP contribution is -2.35. The highest BCUT2D eigenvalue weighted by molar-refractivity contribution is 6.03. The first-order valence-corrected chi connectivity index (χ1v) is 9.24. The van der Waals surface area contributed by atoms with Gasteiger partial charge in [-0.2, -0.15) is 0 Å². The highest BCUT2D eigenvalue weighted by atomic mass is 19.1. The number of amides is 1. The van der Waals surface area contributed by atoms with Crippen LogP contribution in [-0.4, -0.2) is 33.9 Å². The number of likely N-dealkylation sites (N-methyl/N-ethyl adjacent to an activating group) is 1. The molecular formula is C22H20FN5O. The number of hydrogen-bond donors (Lipinski definition) is 3. The van der Waals surface area contributed by atoms with Gasteiger partial charge in [-0.25, -0.2) is 9.37 Å². The topological polar surface area (TPSA) is 82.7 Å². The average molecular weight is 389 g/mol. The van der Waals surface area contributed by atoms with Crippen LogP contribution in [-0.2, 0) is 4.79 Å². The minimum Gasteiger partial charge on any atom is -0.339 e. The number of aromatic nitrogens is 3. The van der Waals surface area contributed by atoms with Crippen LogP contribution in [0.2, 0.25) is 0 Å². The van der Waals surface area contributed by atoms with Crippen LogP contribution >= 0.6 is 0 Å². The number of H-pyrrole nitrogens is 1. The van der Waals surface area contributed by atoms with E-state index in [1.54, 1.807) is 44.6 Å². The van der Waals surface area contributed by atoms with Crippen LogP contribution in [0.25, 0.3) is 33.4 Å². The second kappa shape index (κ2) is 7.81. The maximum atomic E-state index is 13.4. The summed E-state index contributed by atoms with van der Waals surface area (Å²) in [5.74, 6) is -0.00564. The van der Waals surface area contributed by atoms with Crippen LogP contribution in [0.15, 0.2) is 60.9 Å². The maximum absolute atomic E-state index is 13.4. The first kappa shape index (κ1) is 18.8. The smallest absolute Gasteiger partial charge is 0.242 e. The Hall–Kier alpha value is -3.58. The van der Waals surface area contributed by atoms with E-state index in [0.717, 1.165) is 27.8 Å². The maximum Gasteiger partial charge on any atom is 0.242 e. The monoisotopic (exact) mass is 389 g/mol. The zero-order valence-electron chi connectivity index (χ0n) is 16.0. The van der Waals surface area contributed by atoms with Crippen molar-refractivity contribution in [1.82, 2.24) is 20.3 Å². The van der Waals surface area contributed by atoms with Crippen molar-refractivity contribution >= 4 is 22.8 Å². The number of rotatable bonds is 5. The van der Waals surface area contributed by atoms with E-state index in [1.807, 2.05) is 18.2 Å². The zero-order chi connectivity index (χ0) is 20.4. The molecule has 0 saturated heterocycles. The molecule has 1 amide bonds. The highest BCUT2D eigenvalue weighted by Crippen LogP contribution is 2.38. The zero-order valence-corrected chi connectivity index (χ0v) is 16.0. The lowest BCUT2D eigenvalue weighted by Gasteiger charge is -2.10. The van der Waals surface area contributed by atoms with Gasteiger partial charge in [0, 0.05) is 23.3 Å². The number of nitrogens with one attached hydrogen (secondary N) is 3. The standard InChI is InChI=1S/C22H20FN5O/c1-13(24-2)22(29)27-18-8-7-17-19(14-9-11-25-12-10-14)20(28-21(17)26-18)15-3-5-16(23)6-4-15/h3-13,24H,1-2H3,(H2,26,27,28,29)/t13-/m0/s1. The fraction of sp³-hybridized carbons (Fsp3) is 0.136. The molecule has 1 atom stereocenters. The SMILES string of the molecule is CN[C@@H](C)C(=O)Nc1ccc2c(-c3ccncc3)c(-c3ccc(F)cc3)[nH]c2n1. The van der Waals surface area contributed by atoms with Crippen molar-refractivity contribution in [3.8, 4) is 22.4 Å². The van der Waals surface area contributed by atoms with E-state index < -0.39 is 0 Å². The number of benzene rings is 1. The molecule has 0 bridgehead atoms. The summed E-state index contributed by atoms with van der Waals surface area (Å²) < 4.78 is 13.4.